The van der Waals surface area contributed by atoms with Gasteiger partial charge in [0.15, 0.2) is 0 Å². The van der Waals surface area contributed by atoms with E-state index in [1.165, 1.54) is 6.42 Å². The van der Waals surface area contributed by atoms with Crippen LogP contribution in [0.2, 0.25) is 0 Å². The summed E-state index contributed by atoms with van der Waals surface area (Å²) in [7, 11) is 0. The second-order valence-corrected chi connectivity index (χ2v) is 7.00. The lowest BCUT2D eigenvalue weighted by Crippen LogP contribution is -2.50. The molecule has 0 radical (unpaired) electrons. The van der Waals surface area contributed by atoms with E-state index in [-0.39, 0.29) is 11.8 Å². The van der Waals surface area contributed by atoms with Crippen LogP contribution in [0.4, 0.5) is 0 Å². The van der Waals surface area contributed by atoms with E-state index in [4.69, 9.17) is 10.00 Å². The normalized spacial score (nSPS) is 23.5. The molecule has 2 unspecified atom stereocenters. The molecule has 2 aliphatic rings. The van der Waals surface area contributed by atoms with E-state index in [0.717, 1.165) is 51.0 Å². The van der Waals surface area contributed by atoms with Crippen molar-refractivity contribution in [2.24, 2.45) is 5.92 Å². The molecule has 0 aromatic heterocycles. The van der Waals surface area contributed by atoms with Crippen LogP contribution in [0.5, 0.6) is 0 Å². The van der Waals surface area contributed by atoms with Gasteiger partial charge in [-0.05, 0) is 62.6 Å². The summed E-state index contributed by atoms with van der Waals surface area (Å²) in [6.45, 7) is 4.52. The molecule has 3 rings (SSSR count). The van der Waals surface area contributed by atoms with Crippen molar-refractivity contribution in [2.45, 2.75) is 51.0 Å². The first-order valence-corrected chi connectivity index (χ1v) is 9.09. The summed E-state index contributed by atoms with van der Waals surface area (Å²) in [5, 5.41) is 8.92. The number of ether oxygens (including phenoxy) is 1. The van der Waals surface area contributed by atoms with Gasteiger partial charge in [0.2, 0.25) is 5.91 Å². The van der Waals surface area contributed by atoms with Crippen LogP contribution < -0.4 is 0 Å². The summed E-state index contributed by atoms with van der Waals surface area (Å²) in [4.78, 5) is 15.3. The highest BCUT2D eigenvalue weighted by atomic mass is 16.5. The second kappa shape index (κ2) is 7.81. The predicted molar refractivity (Wildman–Crippen MR) is 92.5 cm³/mol. The van der Waals surface area contributed by atoms with Gasteiger partial charge in [0.1, 0.15) is 0 Å². The Kier molecular flexibility index (Phi) is 5.52. The van der Waals surface area contributed by atoms with Crippen molar-refractivity contribution in [2.75, 3.05) is 19.8 Å². The van der Waals surface area contributed by atoms with E-state index in [1.54, 1.807) is 12.1 Å². The molecule has 24 heavy (non-hydrogen) atoms. The van der Waals surface area contributed by atoms with Crippen molar-refractivity contribution in [3.63, 3.8) is 0 Å². The predicted octanol–water partition coefficient (Wildman–Crippen LogP) is 3.47. The van der Waals surface area contributed by atoms with Gasteiger partial charge in [-0.2, -0.15) is 5.26 Å². The average molecular weight is 326 g/mol. The number of likely N-dealkylation sites (tertiary alicyclic amines) is 1. The molecule has 2 saturated heterocycles. The number of nitrogens with zero attached hydrogens (tertiary/aromatic N) is 2. The zero-order chi connectivity index (χ0) is 16.9. The van der Waals surface area contributed by atoms with Gasteiger partial charge in [-0.25, -0.2) is 0 Å². The third-order valence-corrected chi connectivity index (χ3v) is 5.55. The number of piperidine rings is 1. The summed E-state index contributed by atoms with van der Waals surface area (Å²) < 4.78 is 5.50. The third kappa shape index (κ3) is 3.62. The first-order chi connectivity index (χ1) is 11.7. The fourth-order valence-electron chi connectivity index (χ4n) is 4.06. The molecule has 4 heteroatoms. The molecule has 2 fully saturated rings. The third-order valence-electron chi connectivity index (χ3n) is 5.55. The maximum atomic E-state index is 13.1. The van der Waals surface area contributed by atoms with E-state index in [1.807, 2.05) is 19.1 Å². The molecular weight excluding hydrogens is 300 g/mol. The van der Waals surface area contributed by atoms with Gasteiger partial charge in [-0.3, -0.25) is 4.79 Å². The van der Waals surface area contributed by atoms with Gasteiger partial charge in [-0.15, -0.1) is 0 Å². The molecule has 1 aromatic carbocycles. The second-order valence-electron chi connectivity index (χ2n) is 7.00. The number of benzene rings is 1. The first-order valence-electron chi connectivity index (χ1n) is 9.09. The highest BCUT2D eigenvalue weighted by molar-refractivity contribution is 5.83. The van der Waals surface area contributed by atoms with Gasteiger partial charge in [0.05, 0.1) is 17.6 Å². The minimum Gasteiger partial charge on any atom is -0.381 e. The van der Waals surface area contributed by atoms with Gasteiger partial charge in [0, 0.05) is 25.8 Å². The van der Waals surface area contributed by atoms with Crippen LogP contribution in [0, 0.1) is 17.2 Å². The summed E-state index contributed by atoms with van der Waals surface area (Å²) in [6.07, 6.45) is 5.58. The quantitative estimate of drug-likeness (QED) is 0.854. The minimum absolute atomic E-state index is 0.154. The maximum absolute atomic E-state index is 13.1. The standard InChI is InChI=1S/C20H26N2O2/c1-15(17-7-5-16(14-21)6-8-17)20(23)22-11-3-2-4-19(22)18-9-12-24-13-10-18/h5-8,15,18-19H,2-4,9-13H2,1H3. The monoisotopic (exact) mass is 326 g/mol. The topological polar surface area (TPSA) is 53.3 Å². The van der Waals surface area contributed by atoms with E-state index >= 15 is 0 Å². The molecule has 2 heterocycles. The summed E-state index contributed by atoms with van der Waals surface area (Å²) >= 11 is 0. The largest absolute Gasteiger partial charge is 0.381 e. The molecule has 2 atom stereocenters. The molecule has 0 aliphatic carbocycles. The van der Waals surface area contributed by atoms with Crippen molar-refractivity contribution in [3.05, 3.63) is 35.4 Å². The zero-order valence-electron chi connectivity index (χ0n) is 14.4. The van der Waals surface area contributed by atoms with Crippen LogP contribution in [0.25, 0.3) is 0 Å². The van der Waals surface area contributed by atoms with Crippen LogP contribution in [0.15, 0.2) is 24.3 Å². The fourth-order valence-corrected chi connectivity index (χ4v) is 4.06. The molecule has 0 spiro atoms. The highest BCUT2D eigenvalue weighted by Gasteiger charge is 2.35. The fraction of sp³-hybridized carbons (Fsp3) is 0.600. The van der Waals surface area contributed by atoms with Crippen molar-refractivity contribution in [1.29, 1.82) is 5.26 Å². The number of nitriles is 1. The van der Waals surface area contributed by atoms with E-state index in [9.17, 15) is 4.79 Å². The van der Waals surface area contributed by atoms with Gasteiger partial charge in [-0.1, -0.05) is 12.1 Å². The Labute approximate surface area is 144 Å². The molecule has 0 saturated carbocycles. The van der Waals surface area contributed by atoms with Crippen molar-refractivity contribution in [1.82, 2.24) is 4.90 Å². The van der Waals surface area contributed by atoms with Crippen molar-refractivity contribution in [3.8, 4) is 6.07 Å². The molecule has 128 valence electrons. The first kappa shape index (κ1) is 17.0. The SMILES string of the molecule is CC(C(=O)N1CCCCC1C1CCOCC1)c1ccc(C#N)cc1. The van der Waals surface area contributed by atoms with Gasteiger partial charge in [0.25, 0.3) is 0 Å². The Hall–Kier alpha value is -1.86. The van der Waals surface area contributed by atoms with Gasteiger partial charge < -0.3 is 9.64 Å². The van der Waals surface area contributed by atoms with E-state index < -0.39 is 0 Å². The number of rotatable bonds is 3. The number of hydrogen-bond donors (Lipinski definition) is 0. The number of amides is 1. The highest BCUT2D eigenvalue weighted by Crippen LogP contribution is 2.32. The Balaban J connectivity index is 1.73. The van der Waals surface area contributed by atoms with E-state index in [2.05, 4.69) is 11.0 Å². The smallest absolute Gasteiger partial charge is 0.230 e. The molecule has 4 nitrogen and oxygen atoms in total. The van der Waals surface area contributed by atoms with Crippen molar-refractivity contribution >= 4 is 5.91 Å². The number of carbonyl (C=O) groups excluding carboxylic acids is 1. The molecule has 0 N–H and O–H groups in total. The Bertz CT molecular complexity index is 599. The van der Waals surface area contributed by atoms with Crippen LogP contribution in [0.1, 0.15) is 56.1 Å². The molecular formula is C20H26N2O2. The van der Waals surface area contributed by atoms with Crippen LogP contribution >= 0.6 is 0 Å². The molecule has 2 aliphatic heterocycles. The number of carbonyl (C=O) groups is 1. The van der Waals surface area contributed by atoms with Gasteiger partial charge >= 0.3 is 0 Å². The van der Waals surface area contributed by atoms with Crippen LogP contribution in [-0.2, 0) is 9.53 Å². The maximum Gasteiger partial charge on any atom is 0.230 e. The Morgan fingerprint density at radius 2 is 1.92 bits per heavy atom. The Morgan fingerprint density at radius 1 is 1.21 bits per heavy atom. The lowest BCUT2D eigenvalue weighted by atomic mass is 9.84. The molecule has 1 amide bonds. The summed E-state index contributed by atoms with van der Waals surface area (Å²) in [5.74, 6) is 0.658. The van der Waals surface area contributed by atoms with Crippen LogP contribution in [-0.4, -0.2) is 36.6 Å². The van der Waals surface area contributed by atoms with E-state index in [0.29, 0.717) is 17.5 Å². The summed E-state index contributed by atoms with van der Waals surface area (Å²) in [6, 6.07) is 9.92. The average Bonchev–Trinajstić information content (AvgIpc) is 2.67. The summed E-state index contributed by atoms with van der Waals surface area (Å²) in [5.41, 5.74) is 1.63. The minimum atomic E-state index is -0.154. The molecule has 1 aromatic rings. The van der Waals surface area contributed by atoms with Crippen LogP contribution in [0.3, 0.4) is 0 Å². The lowest BCUT2D eigenvalue weighted by Gasteiger charge is -2.43. The lowest BCUT2D eigenvalue weighted by molar-refractivity contribution is -0.138. The number of hydrogen-bond acceptors (Lipinski definition) is 3. The Morgan fingerprint density at radius 3 is 2.58 bits per heavy atom. The zero-order valence-corrected chi connectivity index (χ0v) is 14.4. The molecule has 0 bridgehead atoms. The van der Waals surface area contributed by atoms with Crippen molar-refractivity contribution < 1.29 is 9.53 Å².